The van der Waals surface area contributed by atoms with Gasteiger partial charge >= 0.3 is 5.63 Å². The van der Waals surface area contributed by atoms with E-state index >= 15 is 0 Å². The second kappa shape index (κ2) is 11.2. The highest BCUT2D eigenvalue weighted by Crippen LogP contribution is 2.49. The van der Waals surface area contributed by atoms with Gasteiger partial charge in [-0.05, 0) is 62.1 Å². The van der Waals surface area contributed by atoms with Crippen LogP contribution in [0.15, 0.2) is 33.5 Å². The van der Waals surface area contributed by atoms with E-state index in [-0.39, 0.29) is 17.6 Å². The summed E-state index contributed by atoms with van der Waals surface area (Å²) in [6.07, 6.45) is 7.85. The number of fused-ring (bicyclic) bond motifs is 1. The molecule has 1 aromatic carbocycles. The molecule has 9 heteroatoms. The third kappa shape index (κ3) is 5.73. The Morgan fingerprint density at radius 2 is 1.84 bits per heavy atom. The molecule has 1 aromatic heterocycles. The summed E-state index contributed by atoms with van der Waals surface area (Å²) in [5.74, 6) is 0.576. The van der Waals surface area contributed by atoms with E-state index in [0.29, 0.717) is 62.6 Å². The molecule has 2 fully saturated rings. The lowest BCUT2D eigenvalue weighted by atomic mass is 9.85. The number of hydrogen-bond acceptors (Lipinski definition) is 7. The molecule has 2 aromatic rings. The third-order valence-corrected chi connectivity index (χ3v) is 9.83. The second-order valence-electron chi connectivity index (χ2n) is 10.6. The molecular weight excluding hydrogens is 492 g/mol. The Bertz CT molecular complexity index is 1260. The van der Waals surface area contributed by atoms with Crippen molar-refractivity contribution in [2.75, 3.05) is 31.0 Å². The number of aryl methyl sites for hydroxylation is 1. The SMILES string of the molecule is CCC(N1CCOCC1)S(=O)(=O)Nc1cccc(C(c2c(O)c3c(oc2=O)CCCCCC3)C2CC2)c1. The molecule has 2 N–H and O–H groups in total. The van der Waals surface area contributed by atoms with Crippen LogP contribution >= 0.6 is 0 Å². The molecular formula is C28H38N2O6S. The van der Waals surface area contributed by atoms with Crippen LogP contribution in [0.1, 0.15) is 80.2 Å². The normalized spacial score (nSPS) is 20.9. The highest BCUT2D eigenvalue weighted by Gasteiger charge is 2.39. The van der Waals surface area contributed by atoms with Gasteiger partial charge in [0.15, 0.2) is 0 Å². The quantitative estimate of drug-likeness (QED) is 0.522. The molecule has 1 saturated carbocycles. The maximum Gasteiger partial charge on any atom is 0.343 e. The number of nitrogens with one attached hydrogen (secondary N) is 1. The molecule has 2 heterocycles. The smallest absolute Gasteiger partial charge is 0.343 e. The van der Waals surface area contributed by atoms with Crippen molar-refractivity contribution in [1.82, 2.24) is 4.90 Å². The summed E-state index contributed by atoms with van der Waals surface area (Å²) in [5.41, 5.74) is 1.90. The molecule has 202 valence electrons. The van der Waals surface area contributed by atoms with E-state index in [9.17, 15) is 18.3 Å². The van der Waals surface area contributed by atoms with Gasteiger partial charge in [-0.25, -0.2) is 13.2 Å². The van der Waals surface area contributed by atoms with Crippen LogP contribution in [0, 0.1) is 5.92 Å². The van der Waals surface area contributed by atoms with E-state index in [1.807, 2.05) is 30.0 Å². The Hall–Kier alpha value is -2.36. The van der Waals surface area contributed by atoms with E-state index in [1.165, 1.54) is 0 Å². The van der Waals surface area contributed by atoms with Gasteiger partial charge in [-0.3, -0.25) is 9.62 Å². The molecule has 2 unspecified atom stereocenters. The summed E-state index contributed by atoms with van der Waals surface area (Å²) in [6.45, 7) is 4.09. The largest absolute Gasteiger partial charge is 0.507 e. The average Bonchev–Trinajstić information content (AvgIpc) is 3.69. The van der Waals surface area contributed by atoms with Crippen LogP contribution in [-0.4, -0.2) is 50.1 Å². The molecule has 0 radical (unpaired) electrons. The van der Waals surface area contributed by atoms with Crippen LogP contribution in [0.25, 0.3) is 0 Å². The molecule has 3 aliphatic rings. The van der Waals surface area contributed by atoms with Gasteiger partial charge in [-0.2, -0.15) is 0 Å². The minimum atomic E-state index is -3.68. The van der Waals surface area contributed by atoms with E-state index in [4.69, 9.17) is 9.15 Å². The molecule has 2 aliphatic carbocycles. The van der Waals surface area contributed by atoms with Crippen LogP contribution in [0.4, 0.5) is 5.69 Å². The molecule has 2 atom stereocenters. The van der Waals surface area contributed by atoms with E-state index in [1.54, 1.807) is 6.07 Å². The summed E-state index contributed by atoms with van der Waals surface area (Å²) in [6, 6.07) is 7.27. The standard InChI is InChI=1S/C28H38N2O6S/c1-2-24(30-14-16-35-17-15-30)37(33,34)29-21-9-7-8-20(18-21)25(19-12-13-19)26-27(31)22-10-5-3-4-6-11-23(22)36-28(26)32/h7-9,18-19,24-25,29,31H,2-6,10-17H2,1H3. The summed E-state index contributed by atoms with van der Waals surface area (Å²) < 4.78 is 40.7. The Morgan fingerprint density at radius 3 is 2.54 bits per heavy atom. The molecule has 1 aliphatic heterocycles. The predicted molar refractivity (Wildman–Crippen MR) is 143 cm³/mol. The fraction of sp³-hybridized carbons (Fsp3) is 0.607. The van der Waals surface area contributed by atoms with E-state index < -0.39 is 21.0 Å². The van der Waals surface area contributed by atoms with Crippen molar-refractivity contribution in [1.29, 1.82) is 0 Å². The lowest BCUT2D eigenvalue weighted by molar-refractivity contribution is 0.0306. The van der Waals surface area contributed by atoms with Gasteiger partial charge < -0.3 is 14.3 Å². The van der Waals surface area contributed by atoms with Crippen LogP contribution in [0.3, 0.4) is 0 Å². The highest BCUT2D eigenvalue weighted by atomic mass is 32.2. The van der Waals surface area contributed by atoms with Crippen LogP contribution in [-0.2, 0) is 27.6 Å². The Balaban J connectivity index is 1.46. The Labute approximate surface area is 219 Å². The number of morpholine rings is 1. The van der Waals surface area contributed by atoms with Gasteiger partial charge in [0.2, 0.25) is 10.0 Å². The van der Waals surface area contributed by atoms with Crippen molar-refractivity contribution in [3.63, 3.8) is 0 Å². The Morgan fingerprint density at radius 1 is 1.11 bits per heavy atom. The predicted octanol–water partition coefficient (Wildman–Crippen LogP) is 4.36. The van der Waals surface area contributed by atoms with Gasteiger partial charge in [-0.15, -0.1) is 0 Å². The molecule has 1 saturated heterocycles. The van der Waals surface area contributed by atoms with Crippen LogP contribution in [0.5, 0.6) is 5.75 Å². The summed E-state index contributed by atoms with van der Waals surface area (Å²) in [5, 5.41) is 10.7. The van der Waals surface area contributed by atoms with Crippen molar-refractivity contribution in [2.24, 2.45) is 5.92 Å². The minimum absolute atomic E-state index is 0.0781. The zero-order chi connectivity index (χ0) is 26.0. The van der Waals surface area contributed by atoms with Crippen LogP contribution in [0.2, 0.25) is 0 Å². The number of sulfonamides is 1. The lowest BCUT2D eigenvalue weighted by Gasteiger charge is -2.33. The summed E-state index contributed by atoms with van der Waals surface area (Å²) in [4.78, 5) is 15.2. The van der Waals surface area contributed by atoms with Gasteiger partial charge in [0.25, 0.3) is 0 Å². The van der Waals surface area contributed by atoms with E-state index in [2.05, 4.69) is 4.72 Å². The number of nitrogens with zero attached hydrogens (tertiary/aromatic N) is 1. The van der Waals surface area contributed by atoms with Crippen molar-refractivity contribution in [3.05, 3.63) is 57.1 Å². The number of anilines is 1. The summed E-state index contributed by atoms with van der Waals surface area (Å²) in [7, 11) is -3.68. The van der Waals surface area contributed by atoms with Gasteiger partial charge in [0.05, 0.1) is 18.8 Å². The minimum Gasteiger partial charge on any atom is -0.507 e. The second-order valence-corrected chi connectivity index (χ2v) is 12.4. The fourth-order valence-corrected chi connectivity index (χ4v) is 7.60. The average molecular weight is 531 g/mol. The lowest BCUT2D eigenvalue weighted by Crippen LogP contribution is -2.48. The number of rotatable bonds is 8. The topological polar surface area (TPSA) is 109 Å². The molecule has 0 amide bonds. The first-order valence-electron chi connectivity index (χ1n) is 13.7. The Kier molecular flexibility index (Phi) is 7.93. The molecule has 8 nitrogen and oxygen atoms in total. The van der Waals surface area contributed by atoms with Gasteiger partial charge in [0, 0.05) is 36.7 Å². The number of ether oxygens (including phenoxy) is 1. The maximum absolute atomic E-state index is 13.4. The number of benzene rings is 1. The monoisotopic (exact) mass is 530 g/mol. The number of hydrogen-bond donors (Lipinski definition) is 2. The fourth-order valence-electron chi connectivity index (χ4n) is 5.97. The number of aromatic hydroxyl groups is 1. The maximum atomic E-state index is 13.4. The third-order valence-electron chi connectivity index (χ3n) is 7.96. The molecule has 0 bridgehead atoms. The molecule has 5 rings (SSSR count). The van der Waals surface area contributed by atoms with Crippen LogP contribution < -0.4 is 10.3 Å². The first-order chi connectivity index (χ1) is 17.9. The van der Waals surface area contributed by atoms with Gasteiger partial charge in [-0.1, -0.05) is 31.9 Å². The first kappa shape index (κ1) is 26.3. The molecule has 0 spiro atoms. The molecule has 37 heavy (non-hydrogen) atoms. The zero-order valence-electron chi connectivity index (χ0n) is 21.6. The van der Waals surface area contributed by atoms with Crippen molar-refractivity contribution in [2.45, 2.75) is 76.0 Å². The first-order valence-corrected chi connectivity index (χ1v) is 15.2. The van der Waals surface area contributed by atoms with Crippen molar-refractivity contribution in [3.8, 4) is 5.75 Å². The summed E-state index contributed by atoms with van der Waals surface area (Å²) >= 11 is 0. The van der Waals surface area contributed by atoms with Gasteiger partial charge in [0.1, 0.15) is 16.9 Å². The highest BCUT2D eigenvalue weighted by molar-refractivity contribution is 7.93. The van der Waals surface area contributed by atoms with Crippen molar-refractivity contribution < 1.29 is 22.7 Å². The van der Waals surface area contributed by atoms with E-state index in [0.717, 1.165) is 49.7 Å². The van der Waals surface area contributed by atoms with Crippen molar-refractivity contribution >= 4 is 15.7 Å². The zero-order valence-corrected chi connectivity index (χ0v) is 22.4.